The summed E-state index contributed by atoms with van der Waals surface area (Å²) in [5.74, 6) is 0.696. The van der Waals surface area contributed by atoms with Gasteiger partial charge in [0.15, 0.2) is 21.2 Å². The molecule has 126 valence electrons. The van der Waals surface area contributed by atoms with Gasteiger partial charge in [0.2, 0.25) is 0 Å². The second-order valence-electron chi connectivity index (χ2n) is 6.08. The molecule has 1 unspecified atom stereocenters. The summed E-state index contributed by atoms with van der Waals surface area (Å²) < 4.78 is 35.0. The Morgan fingerprint density at radius 3 is 2.92 bits per heavy atom. The van der Waals surface area contributed by atoms with E-state index < -0.39 is 15.4 Å². The third-order valence-electron chi connectivity index (χ3n) is 4.52. The first-order chi connectivity index (χ1) is 11.5. The number of nitrogens with one attached hydrogen (secondary N) is 1. The van der Waals surface area contributed by atoms with Crippen molar-refractivity contribution in [1.82, 2.24) is 9.97 Å². The monoisotopic (exact) mass is 347 g/mol. The highest BCUT2D eigenvalue weighted by Gasteiger charge is 2.42. The number of para-hydroxylation sites is 1. The molecule has 0 aliphatic carbocycles. The van der Waals surface area contributed by atoms with Crippen molar-refractivity contribution in [2.45, 2.75) is 12.0 Å². The Hall–Kier alpha value is -2.19. The van der Waals surface area contributed by atoms with E-state index in [0.717, 1.165) is 16.5 Å². The molecular formula is C16H17N3O4S. The normalized spacial score (nSPS) is 23.0. The van der Waals surface area contributed by atoms with Gasteiger partial charge in [-0.3, -0.25) is 0 Å². The number of sulfone groups is 1. The molecule has 4 rings (SSSR count). The van der Waals surface area contributed by atoms with E-state index in [-0.39, 0.29) is 11.5 Å². The first kappa shape index (κ1) is 15.3. The van der Waals surface area contributed by atoms with Crippen LogP contribution in [0, 0.1) is 0 Å². The van der Waals surface area contributed by atoms with E-state index in [1.807, 2.05) is 24.3 Å². The third-order valence-corrected chi connectivity index (χ3v) is 6.31. The number of anilines is 1. The summed E-state index contributed by atoms with van der Waals surface area (Å²) in [5.41, 5.74) is 1.29. The molecule has 0 amide bonds. The van der Waals surface area contributed by atoms with E-state index in [1.54, 1.807) is 7.11 Å². The molecule has 1 fully saturated rings. The largest absolute Gasteiger partial charge is 0.450 e. The van der Waals surface area contributed by atoms with Crippen molar-refractivity contribution in [3.8, 4) is 0 Å². The minimum Gasteiger partial charge on any atom is -0.450 e. The Labute approximate surface area is 139 Å². The zero-order valence-electron chi connectivity index (χ0n) is 13.2. The average Bonchev–Trinajstić information content (AvgIpc) is 3.11. The van der Waals surface area contributed by atoms with Crippen molar-refractivity contribution in [2.24, 2.45) is 0 Å². The predicted molar refractivity (Wildman–Crippen MR) is 90.8 cm³/mol. The smallest absolute Gasteiger partial charge is 0.196 e. The van der Waals surface area contributed by atoms with Crippen molar-refractivity contribution >= 4 is 37.7 Å². The van der Waals surface area contributed by atoms with Crippen molar-refractivity contribution in [1.29, 1.82) is 0 Å². The van der Waals surface area contributed by atoms with Gasteiger partial charge in [-0.1, -0.05) is 12.1 Å². The fourth-order valence-corrected chi connectivity index (χ4v) is 5.15. The molecule has 3 aromatic rings. The summed E-state index contributed by atoms with van der Waals surface area (Å²) in [7, 11) is -1.51. The maximum atomic E-state index is 11.8. The van der Waals surface area contributed by atoms with Gasteiger partial charge in [-0.25, -0.2) is 18.4 Å². The maximum absolute atomic E-state index is 11.8. The molecule has 0 bridgehead atoms. The minimum absolute atomic E-state index is 0.0118. The van der Waals surface area contributed by atoms with Crippen molar-refractivity contribution in [3.63, 3.8) is 0 Å². The quantitative estimate of drug-likeness (QED) is 0.771. The maximum Gasteiger partial charge on any atom is 0.196 e. The molecule has 3 heterocycles. The summed E-state index contributed by atoms with van der Waals surface area (Å²) in [6.07, 6.45) is 1.94. The molecule has 1 atom stereocenters. The Bertz CT molecular complexity index is 1010. The molecule has 0 radical (unpaired) electrons. The van der Waals surface area contributed by atoms with Crippen molar-refractivity contribution in [2.75, 3.05) is 30.5 Å². The van der Waals surface area contributed by atoms with Gasteiger partial charge in [0.05, 0.1) is 17.1 Å². The minimum atomic E-state index is -3.05. The van der Waals surface area contributed by atoms with E-state index >= 15 is 0 Å². The van der Waals surface area contributed by atoms with Crippen LogP contribution in [0.4, 0.5) is 5.82 Å². The average molecular weight is 347 g/mol. The zero-order valence-corrected chi connectivity index (χ0v) is 14.0. The Kier molecular flexibility index (Phi) is 3.47. The number of ether oxygens (including phenoxy) is 1. The Morgan fingerprint density at radius 1 is 1.33 bits per heavy atom. The number of hydrogen-bond acceptors (Lipinski definition) is 7. The molecule has 1 aromatic carbocycles. The van der Waals surface area contributed by atoms with Crippen LogP contribution in [0.5, 0.6) is 0 Å². The molecule has 1 saturated heterocycles. The molecule has 8 heteroatoms. The number of fused-ring (bicyclic) bond motifs is 3. The second-order valence-corrected chi connectivity index (χ2v) is 8.27. The number of benzene rings is 1. The van der Waals surface area contributed by atoms with Gasteiger partial charge in [0, 0.05) is 19.0 Å². The van der Waals surface area contributed by atoms with Crippen LogP contribution in [0.25, 0.3) is 22.1 Å². The number of aromatic nitrogens is 2. The second kappa shape index (κ2) is 5.42. The topological polar surface area (TPSA) is 94.3 Å². The Balaban J connectivity index is 1.68. The van der Waals surface area contributed by atoms with Crippen LogP contribution in [-0.2, 0) is 14.6 Å². The van der Waals surface area contributed by atoms with Crippen LogP contribution in [0.3, 0.4) is 0 Å². The van der Waals surface area contributed by atoms with E-state index in [9.17, 15) is 8.42 Å². The first-order valence-electron chi connectivity index (χ1n) is 7.64. The fraction of sp³-hybridized carbons (Fsp3) is 0.375. The summed E-state index contributed by atoms with van der Waals surface area (Å²) in [6.45, 7) is 0.339. The van der Waals surface area contributed by atoms with Crippen LogP contribution in [-0.4, -0.2) is 49.1 Å². The molecule has 7 nitrogen and oxygen atoms in total. The molecule has 1 N–H and O–H groups in total. The molecular weight excluding hydrogens is 330 g/mol. The standard InChI is InChI=1S/C16H17N3O4S/c1-22-16(6-7-24(20,21)9-16)8-17-15-14-13(18-10-19-15)11-4-2-3-5-12(11)23-14/h2-5,10H,6-9H2,1H3,(H,17,18,19). The SMILES string of the molecule is COC1(CNc2ncnc3c2oc2ccccc23)CCS(=O)(=O)C1. The number of rotatable bonds is 4. The third kappa shape index (κ3) is 2.51. The van der Waals surface area contributed by atoms with E-state index in [4.69, 9.17) is 9.15 Å². The van der Waals surface area contributed by atoms with E-state index in [0.29, 0.717) is 24.4 Å². The molecule has 2 aromatic heterocycles. The summed E-state index contributed by atoms with van der Waals surface area (Å²) >= 11 is 0. The molecule has 24 heavy (non-hydrogen) atoms. The lowest BCUT2D eigenvalue weighted by atomic mass is 10.0. The van der Waals surface area contributed by atoms with Crippen LogP contribution < -0.4 is 5.32 Å². The summed E-state index contributed by atoms with van der Waals surface area (Å²) in [4.78, 5) is 8.54. The number of nitrogens with zero attached hydrogens (tertiary/aromatic N) is 2. The van der Waals surface area contributed by atoms with Crippen LogP contribution >= 0.6 is 0 Å². The lowest BCUT2D eigenvalue weighted by molar-refractivity contribution is 0.0241. The lowest BCUT2D eigenvalue weighted by Gasteiger charge is -2.26. The summed E-state index contributed by atoms with van der Waals surface area (Å²) in [6, 6.07) is 7.64. The van der Waals surface area contributed by atoms with Crippen LogP contribution in [0.1, 0.15) is 6.42 Å². The highest BCUT2D eigenvalue weighted by molar-refractivity contribution is 7.91. The highest BCUT2D eigenvalue weighted by Crippen LogP contribution is 2.32. The number of furan rings is 1. The van der Waals surface area contributed by atoms with Crippen LogP contribution in [0.15, 0.2) is 35.0 Å². The highest BCUT2D eigenvalue weighted by atomic mass is 32.2. The predicted octanol–water partition coefficient (Wildman–Crippen LogP) is 1.99. The fourth-order valence-electron chi connectivity index (χ4n) is 3.15. The molecule has 0 saturated carbocycles. The van der Waals surface area contributed by atoms with Gasteiger partial charge in [-0.05, 0) is 18.6 Å². The van der Waals surface area contributed by atoms with Gasteiger partial charge in [0.1, 0.15) is 17.4 Å². The molecule has 1 aliphatic heterocycles. The lowest BCUT2D eigenvalue weighted by Crippen LogP contribution is -2.40. The van der Waals surface area contributed by atoms with Gasteiger partial charge in [0.25, 0.3) is 0 Å². The van der Waals surface area contributed by atoms with Gasteiger partial charge < -0.3 is 14.5 Å². The zero-order chi connectivity index (χ0) is 16.8. The Morgan fingerprint density at radius 2 is 2.17 bits per heavy atom. The number of methoxy groups -OCH3 is 1. The van der Waals surface area contributed by atoms with Crippen molar-refractivity contribution < 1.29 is 17.6 Å². The molecule has 0 spiro atoms. The number of hydrogen-bond donors (Lipinski definition) is 1. The van der Waals surface area contributed by atoms with Crippen molar-refractivity contribution in [3.05, 3.63) is 30.6 Å². The van der Waals surface area contributed by atoms with Crippen LogP contribution in [0.2, 0.25) is 0 Å². The first-order valence-corrected chi connectivity index (χ1v) is 9.46. The van der Waals surface area contributed by atoms with Gasteiger partial charge in [-0.2, -0.15) is 0 Å². The van der Waals surface area contributed by atoms with E-state index in [1.165, 1.54) is 6.33 Å². The van der Waals surface area contributed by atoms with Gasteiger partial charge in [-0.15, -0.1) is 0 Å². The van der Waals surface area contributed by atoms with E-state index in [2.05, 4.69) is 15.3 Å². The molecule has 1 aliphatic rings. The summed E-state index contributed by atoms with van der Waals surface area (Å²) in [5, 5.41) is 4.11. The van der Waals surface area contributed by atoms with Gasteiger partial charge >= 0.3 is 0 Å².